The molecule has 0 aliphatic carbocycles. The minimum Gasteiger partial charge on any atom is -0.493 e. The van der Waals surface area contributed by atoms with Crippen LogP contribution in [0.5, 0.6) is 11.5 Å². The first-order valence-electron chi connectivity index (χ1n) is 10.5. The molecule has 2 amide bonds. The van der Waals surface area contributed by atoms with Gasteiger partial charge in [-0.15, -0.1) is 0 Å². The van der Waals surface area contributed by atoms with Gasteiger partial charge in [0.25, 0.3) is 16.8 Å². The molecule has 36 heavy (non-hydrogen) atoms. The molecule has 0 saturated carbocycles. The molecular weight excluding hydrogens is 527 g/mol. The lowest BCUT2D eigenvalue weighted by Crippen LogP contribution is -2.27. The molecule has 0 atom stereocenters. The second kappa shape index (κ2) is 11.0. The monoisotopic (exact) mass is 544 g/mol. The van der Waals surface area contributed by atoms with E-state index in [-0.39, 0.29) is 23.7 Å². The summed E-state index contributed by atoms with van der Waals surface area (Å²) in [4.78, 5) is 37.6. The molecule has 8 nitrogen and oxygen atoms in total. The smallest absolute Gasteiger partial charge is 0.293 e. The van der Waals surface area contributed by atoms with E-state index in [0.717, 1.165) is 16.7 Å². The lowest BCUT2D eigenvalue weighted by molar-refractivity contribution is -0.385. The Bertz CT molecular complexity index is 1390. The summed E-state index contributed by atoms with van der Waals surface area (Å²) in [5.41, 5.74) is 1.53. The van der Waals surface area contributed by atoms with Crippen molar-refractivity contribution >= 4 is 57.9 Å². The second-order valence-electron chi connectivity index (χ2n) is 7.59. The van der Waals surface area contributed by atoms with Crippen molar-refractivity contribution in [3.8, 4) is 11.5 Å². The lowest BCUT2D eigenvalue weighted by atomic mass is 10.1. The van der Waals surface area contributed by atoms with Gasteiger partial charge in [0.05, 0.1) is 29.0 Å². The molecule has 11 heteroatoms. The van der Waals surface area contributed by atoms with Gasteiger partial charge in [0.2, 0.25) is 0 Å². The molecule has 4 rings (SSSR count). The summed E-state index contributed by atoms with van der Waals surface area (Å²) >= 11 is 12.9. The predicted octanol–water partition coefficient (Wildman–Crippen LogP) is 6.73. The Kier molecular flexibility index (Phi) is 7.83. The fourth-order valence-corrected chi connectivity index (χ4v) is 4.78. The van der Waals surface area contributed by atoms with Gasteiger partial charge in [-0.2, -0.15) is 0 Å². The molecule has 1 fully saturated rings. The number of rotatable bonds is 8. The van der Waals surface area contributed by atoms with Crippen LogP contribution in [0.3, 0.4) is 0 Å². The number of carbonyl (C=O) groups excluding carboxylic acids is 2. The Morgan fingerprint density at radius 1 is 1.03 bits per heavy atom. The topological polar surface area (TPSA) is 99.0 Å². The van der Waals surface area contributed by atoms with Crippen LogP contribution in [0.25, 0.3) is 6.08 Å². The Morgan fingerprint density at radius 2 is 1.81 bits per heavy atom. The van der Waals surface area contributed by atoms with Gasteiger partial charge in [-0.25, -0.2) is 0 Å². The number of methoxy groups -OCH3 is 1. The highest BCUT2D eigenvalue weighted by molar-refractivity contribution is 8.18. The van der Waals surface area contributed by atoms with Gasteiger partial charge >= 0.3 is 0 Å². The van der Waals surface area contributed by atoms with Crippen LogP contribution in [0.4, 0.5) is 10.5 Å². The number of amides is 2. The van der Waals surface area contributed by atoms with Crippen molar-refractivity contribution in [2.45, 2.75) is 13.2 Å². The normalized spacial score (nSPS) is 14.4. The van der Waals surface area contributed by atoms with Gasteiger partial charge in [-0.1, -0.05) is 47.5 Å². The van der Waals surface area contributed by atoms with Crippen molar-refractivity contribution in [2.75, 3.05) is 7.11 Å². The molecule has 0 radical (unpaired) electrons. The second-order valence-corrected chi connectivity index (χ2v) is 9.43. The van der Waals surface area contributed by atoms with Gasteiger partial charge in [0, 0.05) is 16.1 Å². The molecular formula is C25H18Cl2N2O6S. The Labute approximate surface area is 220 Å². The van der Waals surface area contributed by atoms with Gasteiger partial charge in [-0.3, -0.25) is 24.6 Å². The zero-order valence-electron chi connectivity index (χ0n) is 18.8. The van der Waals surface area contributed by atoms with Crippen LogP contribution in [0.2, 0.25) is 10.0 Å². The molecule has 0 bridgehead atoms. The van der Waals surface area contributed by atoms with Crippen molar-refractivity contribution in [3.63, 3.8) is 0 Å². The average Bonchev–Trinajstić information content (AvgIpc) is 3.11. The molecule has 1 aliphatic heterocycles. The lowest BCUT2D eigenvalue weighted by Gasteiger charge is -2.14. The van der Waals surface area contributed by atoms with E-state index in [1.54, 1.807) is 60.7 Å². The van der Waals surface area contributed by atoms with Crippen molar-refractivity contribution in [1.82, 2.24) is 4.90 Å². The SMILES string of the molecule is COc1ccc(/C=C2\SC(=O)N(Cc3ccc(Cl)cc3Cl)C2=O)cc1OCc1ccccc1[N+](=O)[O-]. The number of ether oxygens (including phenoxy) is 2. The van der Waals surface area contributed by atoms with E-state index in [9.17, 15) is 19.7 Å². The molecule has 3 aromatic rings. The number of hydrogen-bond donors (Lipinski definition) is 0. The number of benzene rings is 3. The summed E-state index contributed by atoms with van der Waals surface area (Å²) in [7, 11) is 1.47. The fraction of sp³-hybridized carbons (Fsp3) is 0.120. The summed E-state index contributed by atoms with van der Waals surface area (Å²) in [5.74, 6) is 0.294. The van der Waals surface area contributed by atoms with Crippen molar-refractivity contribution in [3.05, 3.63) is 102 Å². The van der Waals surface area contributed by atoms with Crippen LogP contribution >= 0.6 is 35.0 Å². The first-order chi connectivity index (χ1) is 17.3. The molecule has 0 aromatic heterocycles. The van der Waals surface area contributed by atoms with E-state index in [1.807, 2.05) is 0 Å². The van der Waals surface area contributed by atoms with Gasteiger partial charge in [0.1, 0.15) is 6.61 Å². The predicted molar refractivity (Wildman–Crippen MR) is 138 cm³/mol. The minimum atomic E-state index is -0.473. The highest BCUT2D eigenvalue weighted by atomic mass is 35.5. The van der Waals surface area contributed by atoms with Crippen LogP contribution in [0.15, 0.2) is 65.6 Å². The fourth-order valence-electron chi connectivity index (χ4n) is 3.47. The van der Waals surface area contributed by atoms with Crippen molar-refractivity contribution < 1.29 is 24.0 Å². The highest BCUT2D eigenvalue weighted by Crippen LogP contribution is 2.36. The number of halogens is 2. The molecule has 184 valence electrons. The quantitative estimate of drug-likeness (QED) is 0.176. The molecule has 3 aromatic carbocycles. The van der Waals surface area contributed by atoms with Crippen LogP contribution in [-0.2, 0) is 17.9 Å². The molecule has 0 spiro atoms. The Hall–Kier alpha value is -3.53. The first kappa shape index (κ1) is 25.6. The van der Waals surface area contributed by atoms with E-state index in [2.05, 4.69) is 0 Å². The van der Waals surface area contributed by atoms with Gasteiger partial charge < -0.3 is 9.47 Å². The number of thioether (sulfide) groups is 1. The van der Waals surface area contributed by atoms with Crippen LogP contribution < -0.4 is 9.47 Å². The van der Waals surface area contributed by atoms with Crippen molar-refractivity contribution in [2.24, 2.45) is 0 Å². The molecule has 1 saturated heterocycles. The summed E-state index contributed by atoms with van der Waals surface area (Å²) in [6.45, 7) is -0.0415. The standard InChI is InChI=1S/C25H18Cl2N2O6S/c1-34-21-9-6-15(10-22(21)35-14-17-4-2-3-5-20(17)29(32)33)11-23-24(30)28(25(31)36-23)13-16-7-8-18(26)12-19(16)27/h2-12H,13-14H2,1H3/b23-11-. The summed E-state index contributed by atoms with van der Waals surface area (Å²) in [6.07, 6.45) is 1.58. The van der Waals surface area contributed by atoms with E-state index in [0.29, 0.717) is 38.2 Å². The van der Waals surface area contributed by atoms with Crippen LogP contribution in [0.1, 0.15) is 16.7 Å². The Morgan fingerprint density at radius 3 is 2.53 bits per heavy atom. The number of nitro benzene ring substituents is 1. The maximum absolute atomic E-state index is 13.0. The molecule has 0 N–H and O–H groups in total. The third-order valence-electron chi connectivity index (χ3n) is 5.27. The number of imide groups is 1. The van der Waals surface area contributed by atoms with Gasteiger partial charge in [0.15, 0.2) is 11.5 Å². The first-order valence-corrected chi connectivity index (χ1v) is 12.1. The van der Waals surface area contributed by atoms with E-state index in [4.69, 9.17) is 32.7 Å². The summed E-state index contributed by atoms with van der Waals surface area (Å²) < 4.78 is 11.2. The maximum atomic E-state index is 13.0. The van der Waals surface area contributed by atoms with Crippen LogP contribution in [-0.4, -0.2) is 28.1 Å². The third-order valence-corrected chi connectivity index (χ3v) is 6.77. The maximum Gasteiger partial charge on any atom is 0.293 e. The zero-order chi connectivity index (χ0) is 25.8. The highest BCUT2D eigenvalue weighted by Gasteiger charge is 2.35. The molecule has 0 unspecified atom stereocenters. The zero-order valence-corrected chi connectivity index (χ0v) is 21.1. The molecule has 1 heterocycles. The van der Waals surface area contributed by atoms with E-state index in [1.165, 1.54) is 13.2 Å². The number of carbonyl (C=O) groups is 2. The van der Waals surface area contributed by atoms with Gasteiger partial charge in [-0.05, 0) is 59.3 Å². The summed E-state index contributed by atoms with van der Waals surface area (Å²) in [6, 6.07) is 16.1. The minimum absolute atomic E-state index is 0.0187. The largest absolute Gasteiger partial charge is 0.493 e. The summed E-state index contributed by atoms with van der Waals surface area (Å²) in [5, 5.41) is 11.7. The van der Waals surface area contributed by atoms with E-state index < -0.39 is 16.1 Å². The van der Waals surface area contributed by atoms with E-state index >= 15 is 0 Å². The Balaban J connectivity index is 1.54. The average molecular weight is 545 g/mol. The van der Waals surface area contributed by atoms with Crippen molar-refractivity contribution in [1.29, 1.82) is 0 Å². The van der Waals surface area contributed by atoms with Crippen LogP contribution in [0, 0.1) is 10.1 Å². The third kappa shape index (κ3) is 5.64. The number of nitrogens with zero attached hydrogens (tertiary/aromatic N) is 2. The number of para-hydroxylation sites is 1. The molecule has 1 aliphatic rings. The number of nitro groups is 1. The number of hydrogen-bond acceptors (Lipinski definition) is 7.